The third kappa shape index (κ3) is 2.70. The molecule has 0 aliphatic heterocycles. The minimum Gasteiger partial charge on any atom is -0.264 e. The van der Waals surface area contributed by atoms with Crippen LogP contribution in [-0.2, 0) is 10.0 Å². The van der Waals surface area contributed by atoms with E-state index >= 15 is 0 Å². The number of aromatic amines is 1. The zero-order valence-corrected chi connectivity index (χ0v) is 12.5. The average Bonchev–Trinajstić information content (AvgIpc) is 2.78. The molecule has 19 heavy (non-hydrogen) atoms. The molecule has 1 heterocycles. The van der Waals surface area contributed by atoms with Gasteiger partial charge in [-0.15, -0.1) is 0 Å². The predicted octanol–water partition coefficient (Wildman–Crippen LogP) is 3.13. The first-order valence-electron chi connectivity index (χ1n) is 5.30. The van der Waals surface area contributed by atoms with Crippen LogP contribution in [0.3, 0.4) is 0 Å². The van der Waals surface area contributed by atoms with Crippen LogP contribution in [0.5, 0.6) is 0 Å². The number of sulfonamides is 1. The predicted molar refractivity (Wildman–Crippen MR) is 75.3 cm³/mol. The maximum Gasteiger partial charge on any atom is 0.264 e. The molecule has 5 nitrogen and oxygen atoms in total. The maximum absolute atomic E-state index is 12.3. The third-order valence-electron chi connectivity index (χ3n) is 2.60. The Hall–Kier alpha value is -1.24. The van der Waals surface area contributed by atoms with E-state index in [1.807, 2.05) is 0 Å². The monoisotopic (exact) mass is 319 g/mol. The number of anilines is 1. The molecule has 0 unspecified atom stereocenters. The van der Waals surface area contributed by atoms with E-state index in [2.05, 4.69) is 14.9 Å². The highest BCUT2D eigenvalue weighted by Gasteiger charge is 2.24. The summed E-state index contributed by atoms with van der Waals surface area (Å²) in [4.78, 5) is -0.0197. The molecule has 0 aliphatic rings. The fourth-order valence-electron chi connectivity index (χ4n) is 1.64. The maximum atomic E-state index is 12.3. The van der Waals surface area contributed by atoms with Crippen molar-refractivity contribution in [2.45, 2.75) is 18.7 Å². The summed E-state index contributed by atoms with van der Waals surface area (Å²) in [5.41, 5.74) is 1.01. The SMILES string of the molecule is Cc1cc(Cl)c(C)c(S(=O)(=O)Nc2ccn[nH]2)c1Cl. The van der Waals surface area contributed by atoms with Crippen molar-refractivity contribution in [1.82, 2.24) is 10.2 Å². The van der Waals surface area contributed by atoms with Crippen LogP contribution < -0.4 is 4.72 Å². The van der Waals surface area contributed by atoms with Gasteiger partial charge in [-0.05, 0) is 31.0 Å². The number of rotatable bonds is 3. The van der Waals surface area contributed by atoms with Crippen LogP contribution in [0.2, 0.25) is 10.0 Å². The number of hydrogen-bond donors (Lipinski definition) is 2. The molecule has 0 amide bonds. The molecule has 8 heteroatoms. The Morgan fingerprint density at radius 2 is 2.00 bits per heavy atom. The Bertz CT molecular complexity index is 686. The average molecular weight is 320 g/mol. The summed E-state index contributed by atoms with van der Waals surface area (Å²) in [6.07, 6.45) is 1.44. The lowest BCUT2D eigenvalue weighted by Crippen LogP contribution is -2.15. The van der Waals surface area contributed by atoms with Gasteiger partial charge in [-0.2, -0.15) is 5.10 Å². The molecule has 0 saturated carbocycles. The molecule has 1 aromatic heterocycles. The number of nitrogens with zero attached hydrogens (tertiary/aromatic N) is 1. The van der Waals surface area contributed by atoms with Crippen LogP contribution in [0.4, 0.5) is 5.82 Å². The van der Waals surface area contributed by atoms with Crippen molar-refractivity contribution in [2.75, 3.05) is 4.72 Å². The van der Waals surface area contributed by atoms with Gasteiger partial charge < -0.3 is 0 Å². The van der Waals surface area contributed by atoms with Gasteiger partial charge in [0.1, 0.15) is 10.7 Å². The van der Waals surface area contributed by atoms with E-state index in [9.17, 15) is 8.42 Å². The van der Waals surface area contributed by atoms with E-state index in [0.717, 1.165) is 0 Å². The number of hydrogen-bond acceptors (Lipinski definition) is 3. The third-order valence-corrected chi connectivity index (χ3v) is 5.13. The molecule has 2 aromatic rings. The highest BCUT2D eigenvalue weighted by atomic mass is 35.5. The van der Waals surface area contributed by atoms with Crippen molar-refractivity contribution in [3.63, 3.8) is 0 Å². The van der Waals surface area contributed by atoms with Crippen molar-refractivity contribution in [3.05, 3.63) is 39.5 Å². The first-order chi connectivity index (χ1) is 8.83. The Balaban J connectivity index is 2.58. The number of H-pyrrole nitrogens is 1. The van der Waals surface area contributed by atoms with Gasteiger partial charge in [-0.1, -0.05) is 23.2 Å². The van der Waals surface area contributed by atoms with Crippen molar-refractivity contribution < 1.29 is 8.42 Å². The number of halogens is 2. The number of nitrogens with one attached hydrogen (secondary N) is 2. The highest BCUT2D eigenvalue weighted by Crippen LogP contribution is 2.34. The molecule has 0 radical (unpaired) electrons. The first-order valence-corrected chi connectivity index (χ1v) is 7.54. The lowest BCUT2D eigenvalue weighted by atomic mass is 10.2. The summed E-state index contributed by atoms with van der Waals surface area (Å²) < 4.78 is 27.0. The van der Waals surface area contributed by atoms with Crippen molar-refractivity contribution in [2.24, 2.45) is 0 Å². The van der Waals surface area contributed by atoms with E-state index in [1.165, 1.54) is 12.3 Å². The molecule has 2 N–H and O–H groups in total. The summed E-state index contributed by atoms with van der Waals surface area (Å²) in [5.74, 6) is 0.257. The molecule has 0 fully saturated rings. The lowest BCUT2D eigenvalue weighted by molar-refractivity contribution is 0.600. The smallest absolute Gasteiger partial charge is 0.264 e. The van der Waals surface area contributed by atoms with Crippen LogP contribution >= 0.6 is 23.2 Å². The van der Waals surface area contributed by atoms with Crippen LogP contribution in [0.25, 0.3) is 0 Å². The van der Waals surface area contributed by atoms with Gasteiger partial charge in [-0.25, -0.2) is 8.42 Å². The largest absolute Gasteiger partial charge is 0.264 e. The van der Waals surface area contributed by atoms with Crippen molar-refractivity contribution >= 4 is 39.0 Å². The second-order valence-corrected chi connectivity index (χ2v) is 6.42. The summed E-state index contributed by atoms with van der Waals surface area (Å²) >= 11 is 12.1. The molecule has 0 saturated heterocycles. The molecule has 0 spiro atoms. The molecule has 0 atom stereocenters. The molecular weight excluding hydrogens is 309 g/mol. The second kappa shape index (κ2) is 5.03. The van der Waals surface area contributed by atoms with Gasteiger partial charge in [0.15, 0.2) is 0 Å². The Kier molecular flexibility index (Phi) is 3.75. The summed E-state index contributed by atoms with van der Waals surface area (Å²) in [6, 6.07) is 3.13. The number of aryl methyl sites for hydroxylation is 1. The fraction of sp³-hybridized carbons (Fsp3) is 0.182. The standard InChI is InChI=1S/C11H11Cl2N3O2S/c1-6-5-8(12)7(2)11(10(6)13)19(17,18)16-9-3-4-14-15-9/h3-5H,1-2H3,(H2,14,15,16). The summed E-state index contributed by atoms with van der Waals surface area (Å²) in [6.45, 7) is 3.30. The zero-order valence-electron chi connectivity index (χ0n) is 10.2. The number of aromatic nitrogens is 2. The van der Waals surface area contributed by atoms with Gasteiger partial charge in [0, 0.05) is 11.1 Å². The first kappa shape index (κ1) is 14.2. The molecule has 0 aliphatic carbocycles. The molecule has 102 valence electrons. The number of benzene rings is 1. The lowest BCUT2D eigenvalue weighted by Gasteiger charge is -2.13. The molecular formula is C11H11Cl2N3O2S. The normalized spacial score (nSPS) is 11.6. The summed E-state index contributed by atoms with van der Waals surface area (Å²) in [5, 5.41) is 6.70. The fourth-order valence-corrected chi connectivity index (χ4v) is 3.87. The summed E-state index contributed by atoms with van der Waals surface area (Å²) in [7, 11) is -3.83. The van der Waals surface area contributed by atoms with E-state index in [0.29, 0.717) is 16.1 Å². The highest BCUT2D eigenvalue weighted by molar-refractivity contribution is 7.92. The van der Waals surface area contributed by atoms with E-state index in [4.69, 9.17) is 23.2 Å². The van der Waals surface area contributed by atoms with Gasteiger partial charge in [0.05, 0.1) is 11.2 Å². The Labute approximate surface area is 121 Å². The van der Waals surface area contributed by atoms with Crippen LogP contribution in [-0.4, -0.2) is 18.6 Å². The van der Waals surface area contributed by atoms with Crippen LogP contribution in [0, 0.1) is 13.8 Å². The van der Waals surface area contributed by atoms with Crippen LogP contribution in [0.15, 0.2) is 23.2 Å². The molecule has 2 rings (SSSR count). The Morgan fingerprint density at radius 3 is 2.58 bits per heavy atom. The van der Waals surface area contributed by atoms with Gasteiger partial charge >= 0.3 is 0 Å². The minimum atomic E-state index is -3.83. The van der Waals surface area contributed by atoms with Crippen LogP contribution in [0.1, 0.15) is 11.1 Å². The van der Waals surface area contributed by atoms with Crippen molar-refractivity contribution in [1.29, 1.82) is 0 Å². The van der Waals surface area contributed by atoms with E-state index in [1.54, 1.807) is 19.9 Å². The van der Waals surface area contributed by atoms with Gasteiger partial charge in [0.25, 0.3) is 10.0 Å². The topological polar surface area (TPSA) is 74.8 Å². The zero-order chi connectivity index (χ0) is 14.2. The molecule has 0 bridgehead atoms. The van der Waals surface area contributed by atoms with E-state index < -0.39 is 10.0 Å². The van der Waals surface area contributed by atoms with Gasteiger partial charge in [-0.3, -0.25) is 9.82 Å². The Morgan fingerprint density at radius 1 is 1.32 bits per heavy atom. The second-order valence-electron chi connectivity index (χ2n) is 4.02. The van der Waals surface area contributed by atoms with Crippen molar-refractivity contribution in [3.8, 4) is 0 Å². The van der Waals surface area contributed by atoms with Gasteiger partial charge in [0.2, 0.25) is 0 Å². The molecule has 1 aromatic carbocycles. The minimum absolute atomic E-state index is 0.0197. The quantitative estimate of drug-likeness (QED) is 0.912. The van der Waals surface area contributed by atoms with E-state index in [-0.39, 0.29) is 15.7 Å².